The van der Waals surface area contributed by atoms with E-state index in [1.165, 1.54) is 0 Å². The average Bonchev–Trinajstić information content (AvgIpc) is 2.54. The Morgan fingerprint density at radius 3 is 2.60 bits per heavy atom. The Labute approximate surface area is 152 Å². The van der Waals surface area contributed by atoms with Crippen molar-refractivity contribution in [2.75, 3.05) is 13.1 Å². The van der Waals surface area contributed by atoms with Crippen molar-refractivity contribution in [1.29, 1.82) is 0 Å². The highest BCUT2D eigenvalue weighted by Crippen LogP contribution is 2.26. The molecule has 25 heavy (non-hydrogen) atoms. The van der Waals surface area contributed by atoms with Gasteiger partial charge in [-0.05, 0) is 45.7 Å². The monoisotopic (exact) mass is 363 g/mol. The Bertz CT molecular complexity index is 776. The van der Waals surface area contributed by atoms with E-state index in [9.17, 15) is 4.79 Å². The molecular weight excluding hydrogens is 342 g/mol. The predicted molar refractivity (Wildman–Crippen MR) is 96.0 cm³/mol. The van der Waals surface area contributed by atoms with Crippen LogP contribution in [0.1, 0.15) is 33.6 Å². The number of amides is 1. The third kappa shape index (κ3) is 4.51. The second kappa shape index (κ2) is 7.04. The molecule has 1 aromatic heterocycles. The second-order valence-electron chi connectivity index (χ2n) is 7.12. The maximum atomic E-state index is 12.2. The SMILES string of the molecule is CC(C)(C)OC(=O)N1CCC[C@H](Oc2nc3ccccc3nc2Cl)C1. The standard InChI is InChI=1S/C18H22ClN3O3/c1-18(2,3)25-17(23)22-10-6-7-12(11-22)24-16-15(19)20-13-8-4-5-9-14(13)21-16/h4-5,8-9,12H,6-7,10-11H2,1-3H3/t12-/m0/s1. The first-order chi connectivity index (χ1) is 11.8. The number of ether oxygens (including phenoxy) is 2. The number of likely N-dealkylation sites (tertiary alicyclic amines) is 1. The van der Waals surface area contributed by atoms with E-state index >= 15 is 0 Å². The zero-order valence-corrected chi connectivity index (χ0v) is 15.4. The molecule has 0 unspecified atom stereocenters. The molecule has 1 saturated heterocycles. The molecule has 134 valence electrons. The van der Waals surface area contributed by atoms with Gasteiger partial charge in [0.25, 0.3) is 5.88 Å². The van der Waals surface area contributed by atoms with Crippen LogP contribution in [-0.4, -0.2) is 45.8 Å². The summed E-state index contributed by atoms with van der Waals surface area (Å²) in [6.07, 6.45) is 1.15. The molecule has 1 aliphatic rings. The first kappa shape index (κ1) is 17.7. The summed E-state index contributed by atoms with van der Waals surface area (Å²) >= 11 is 6.20. The molecule has 0 radical (unpaired) electrons. The van der Waals surface area contributed by atoms with Crippen LogP contribution in [0.15, 0.2) is 24.3 Å². The van der Waals surface area contributed by atoms with Gasteiger partial charge in [-0.2, -0.15) is 0 Å². The Morgan fingerprint density at radius 2 is 1.92 bits per heavy atom. The first-order valence-corrected chi connectivity index (χ1v) is 8.76. The minimum atomic E-state index is -0.516. The van der Waals surface area contributed by atoms with Gasteiger partial charge < -0.3 is 14.4 Å². The Morgan fingerprint density at radius 1 is 1.24 bits per heavy atom. The molecule has 6 nitrogen and oxygen atoms in total. The molecule has 1 amide bonds. The van der Waals surface area contributed by atoms with E-state index in [2.05, 4.69) is 9.97 Å². The molecule has 3 rings (SSSR count). The van der Waals surface area contributed by atoms with Gasteiger partial charge in [-0.1, -0.05) is 23.7 Å². The van der Waals surface area contributed by atoms with Gasteiger partial charge in [0.15, 0.2) is 5.15 Å². The molecule has 0 spiro atoms. The summed E-state index contributed by atoms with van der Waals surface area (Å²) in [6.45, 7) is 6.67. The zero-order valence-electron chi connectivity index (χ0n) is 14.7. The van der Waals surface area contributed by atoms with E-state index in [-0.39, 0.29) is 17.4 Å². The van der Waals surface area contributed by atoms with Crippen LogP contribution in [0.2, 0.25) is 5.15 Å². The van der Waals surface area contributed by atoms with E-state index in [0.717, 1.165) is 23.9 Å². The smallest absolute Gasteiger partial charge is 0.410 e. The van der Waals surface area contributed by atoms with Gasteiger partial charge in [-0.15, -0.1) is 0 Å². The lowest BCUT2D eigenvalue weighted by molar-refractivity contribution is 0.00724. The minimum absolute atomic E-state index is 0.186. The fourth-order valence-electron chi connectivity index (χ4n) is 2.72. The Hall–Kier alpha value is -2.08. The lowest BCUT2D eigenvalue weighted by atomic mass is 10.1. The number of carbonyl (C=O) groups excluding carboxylic acids is 1. The summed E-state index contributed by atoms with van der Waals surface area (Å²) < 4.78 is 11.4. The van der Waals surface area contributed by atoms with Crippen LogP contribution in [0.4, 0.5) is 4.79 Å². The molecule has 1 aromatic carbocycles. The van der Waals surface area contributed by atoms with Crippen LogP contribution in [0.3, 0.4) is 0 Å². The highest BCUT2D eigenvalue weighted by atomic mass is 35.5. The number of piperidine rings is 1. The van der Waals surface area contributed by atoms with Crippen molar-refractivity contribution in [3.63, 3.8) is 0 Å². The molecule has 1 atom stereocenters. The summed E-state index contributed by atoms with van der Waals surface area (Å²) in [5.41, 5.74) is 0.929. The molecule has 1 fully saturated rings. The summed E-state index contributed by atoms with van der Waals surface area (Å²) in [7, 11) is 0. The Balaban J connectivity index is 1.70. The third-order valence-corrected chi connectivity index (χ3v) is 4.05. The van der Waals surface area contributed by atoms with Crippen LogP contribution < -0.4 is 4.74 Å². The predicted octanol–water partition coefficient (Wildman–Crippen LogP) is 4.06. The van der Waals surface area contributed by atoms with Crippen LogP contribution in [0.25, 0.3) is 11.0 Å². The van der Waals surface area contributed by atoms with Gasteiger partial charge in [0.1, 0.15) is 11.7 Å². The highest BCUT2D eigenvalue weighted by Gasteiger charge is 2.29. The Kier molecular flexibility index (Phi) is 4.99. The van der Waals surface area contributed by atoms with Gasteiger partial charge in [-0.3, -0.25) is 0 Å². The van der Waals surface area contributed by atoms with Crippen molar-refractivity contribution in [2.24, 2.45) is 0 Å². The molecule has 0 bridgehead atoms. The normalized spacial score (nSPS) is 18.2. The van der Waals surface area contributed by atoms with E-state index in [1.807, 2.05) is 45.0 Å². The lowest BCUT2D eigenvalue weighted by Gasteiger charge is -2.34. The molecule has 2 aromatic rings. The fraction of sp³-hybridized carbons (Fsp3) is 0.500. The topological polar surface area (TPSA) is 64.5 Å². The quantitative estimate of drug-likeness (QED) is 0.805. The number of rotatable bonds is 2. The van der Waals surface area contributed by atoms with Crippen molar-refractivity contribution in [3.8, 4) is 5.88 Å². The maximum Gasteiger partial charge on any atom is 0.410 e. The molecule has 0 saturated carbocycles. The number of hydrogen-bond donors (Lipinski definition) is 0. The summed E-state index contributed by atoms with van der Waals surface area (Å²) in [5.74, 6) is 0.302. The van der Waals surface area contributed by atoms with E-state index < -0.39 is 5.60 Å². The summed E-state index contributed by atoms with van der Waals surface area (Å²) in [6, 6.07) is 7.48. The first-order valence-electron chi connectivity index (χ1n) is 8.39. The summed E-state index contributed by atoms with van der Waals surface area (Å²) in [4.78, 5) is 22.7. The zero-order chi connectivity index (χ0) is 18.0. The summed E-state index contributed by atoms with van der Waals surface area (Å²) in [5, 5.41) is 0.230. The average molecular weight is 364 g/mol. The molecule has 7 heteroatoms. The van der Waals surface area contributed by atoms with Gasteiger partial charge in [0.05, 0.1) is 17.6 Å². The number of fused-ring (bicyclic) bond motifs is 1. The van der Waals surface area contributed by atoms with Crippen molar-refractivity contribution in [3.05, 3.63) is 29.4 Å². The van der Waals surface area contributed by atoms with E-state index in [0.29, 0.717) is 19.0 Å². The second-order valence-corrected chi connectivity index (χ2v) is 7.47. The van der Waals surface area contributed by atoms with Crippen molar-refractivity contribution in [2.45, 2.75) is 45.3 Å². The largest absolute Gasteiger partial charge is 0.470 e. The maximum absolute atomic E-state index is 12.2. The fourth-order valence-corrected chi connectivity index (χ4v) is 2.90. The minimum Gasteiger partial charge on any atom is -0.470 e. The lowest BCUT2D eigenvalue weighted by Crippen LogP contribution is -2.46. The molecule has 0 aliphatic carbocycles. The number of hydrogen-bond acceptors (Lipinski definition) is 5. The number of carbonyl (C=O) groups is 1. The van der Waals surface area contributed by atoms with Crippen molar-refractivity contribution >= 4 is 28.7 Å². The van der Waals surface area contributed by atoms with Gasteiger partial charge in [0, 0.05) is 6.54 Å². The van der Waals surface area contributed by atoms with Crippen LogP contribution in [0, 0.1) is 0 Å². The van der Waals surface area contributed by atoms with Crippen LogP contribution in [0.5, 0.6) is 5.88 Å². The van der Waals surface area contributed by atoms with Gasteiger partial charge in [0.2, 0.25) is 0 Å². The number of halogens is 1. The number of benzene rings is 1. The highest BCUT2D eigenvalue weighted by molar-refractivity contribution is 6.31. The number of aromatic nitrogens is 2. The van der Waals surface area contributed by atoms with Crippen molar-refractivity contribution < 1.29 is 14.3 Å². The van der Waals surface area contributed by atoms with Crippen LogP contribution >= 0.6 is 11.6 Å². The molecule has 0 N–H and O–H groups in total. The van der Waals surface area contributed by atoms with E-state index in [1.54, 1.807) is 4.90 Å². The molecule has 2 heterocycles. The van der Waals surface area contributed by atoms with Gasteiger partial charge in [-0.25, -0.2) is 14.8 Å². The number of nitrogens with zero attached hydrogens (tertiary/aromatic N) is 3. The number of para-hydroxylation sites is 2. The molecular formula is C18H22ClN3O3. The van der Waals surface area contributed by atoms with Crippen LogP contribution in [-0.2, 0) is 4.74 Å². The van der Waals surface area contributed by atoms with Gasteiger partial charge >= 0.3 is 6.09 Å². The van der Waals surface area contributed by atoms with Crippen molar-refractivity contribution in [1.82, 2.24) is 14.9 Å². The molecule has 1 aliphatic heterocycles. The van der Waals surface area contributed by atoms with E-state index in [4.69, 9.17) is 21.1 Å². The third-order valence-electron chi connectivity index (χ3n) is 3.81.